The SMILES string of the molecule is CC(NCc1cccc2cccnc12)C1CC2C=CC1C2. The molecule has 108 valence electrons. The number of benzene rings is 1. The maximum atomic E-state index is 4.54. The van der Waals surface area contributed by atoms with Gasteiger partial charge in [0, 0.05) is 24.2 Å². The maximum absolute atomic E-state index is 4.54. The van der Waals surface area contributed by atoms with Gasteiger partial charge < -0.3 is 5.32 Å². The molecule has 2 bridgehead atoms. The molecule has 4 atom stereocenters. The molecule has 0 saturated heterocycles. The molecule has 2 aliphatic rings. The van der Waals surface area contributed by atoms with E-state index < -0.39 is 0 Å². The Morgan fingerprint density at radius 1 is 1.19 bits per heavy atom. The Hall–Kier alpha value is -1.67. The van der Waals surface area contributed by atoms with Crippen LogP contribution in [0.25, 0.3) is 10.9 Å². The zero-order chi connectivity index (χ0) is 14.2. The fourth-order valence-electron chi connectivity index (χ4n) is 4.13. The number of para-hydroxylation sites is 1. The van der Waals surface area contributed by atoms with Crippen LogP contribution in [-0.4, -0.2) is 11.0 Å². The number of allylic oxidation sites excluding steroid dienone is 2. The fraction of sp³-hybridized carbons (Fsp3) is 0.421. The van der Waals surface area contributed by atoms with E-state index in [2.05, 4.69) is 53.6 Å². The van der Waals surface area contributed by atoms with Gasteiger partial charge in [0.25, 0.3) is 0 Å². The second-order valence-corrected chi connectivity index (χ2v) is 6.61. The largest absolute Gasteiger partial charge is 0.310 e. The number of nitrogens with zero attached hydrogens (tertiary/aromatic N) is 1. The molecule has 21 heavy (non-hydrogen) atoms. The molecule has 1 saturated carbocycles. The van der Waals surface area contributed by atoms with Gasteiger partial charge in [0.1, 0.15) is 0 Å². The van der Waals surface area contributed by atoms with Crippen LogP contribution in [0.1, 0.15) is 25.3 Å². The molecule has 1 heterocycles. The van der Waals surface area contributed by atoms with Crippen molar-refractivity contribution >= 4 is 10.9 Å². The highest BCUT2D eigenvalue weighted by atomic mass is 14.9. The first-order valence-corrected chi connectivity index (χ1v) is 8.05. The van der Waals surface area contributed by atoms with E-state index in [0.717, 1.165) is 29.8 Å². The average molecular weight is 278 g/mol. The van der Waals surface area contributed by atoms with E-state index in [9.17, 15) is 0 Å². The second-order valence-electron chi connectivity index (χ2n) is 6.61. The molecule has 2 heteroatoms. The molecule has 0 spiro atoms. The quantitative estimate of drug-likeness (QED) is 0.857. The minimum absolute atomic E-state index is 0.573. The fourth-order valence-corrected chi connectivity index (χ4v) is 4.13. The number of fused-ring (bicyclic) bond motifs is 3. The van der Waals surface area contributed by atoms with Crippen LogP contribution < -0.4 is 5.32 Å². The summed E-state index contributed by atoms with van der Waals surface area (Å²) in [5, 5.41) is 4.97. The monoisotopic (exact) mass is 278 g/mol. The summed E-state index contributed by atoms with van der Waals surface area (Å²) in [6.45, 7) is 3.25. The Labute approximate surface area is 126 Å². The van der Waals surface area contributed by atoms with Crippen LogP contribution in [0.15, 0.2) is 48.7 Å². The zero-order valence-corrected chi connectivity index (χ0v) is 12.5. The van der Waals surface area contributed by atoms with Gasteiger partial charge in [0.15, 0.2) is 0 Å². The van der Waals surface area contributed by atoms with Crippen molar-refractivity contribution in [3.8, 4) is 0 Å². The topological polar surface area (TPSA) is 24.9 Å². The summed E-state index contributed by atoms with van der Waals surface area (Å²) in [5.41, 5.74) is 2.44. The molecule has 2 aromatic rings. The third-order valence-corrected chi connectivity index (χ3v) is 5.30. The van der Waals surface area contributed by atoms with Crippen LogP contribution in [-0.2, 0) is 6.54 Å². The average Bonchev–Trinajstić information content (AvgIpc) is 3.15. The summed E-state index contributed by atoms with van der Waals surface area (Å²) in [6, 6.07) is 11.2. The van der Waals surface area contributed by atoms with Gasteiger partial charge in [-0.1, -0.05) is 36.4 Å². The van der Waals surface area contributed by atoms with Gasteiger partial charge in [-0.2, -0.15) is 0 Å². The van der Waals surface area contributed by atoms with Crippen molar-refractivity contribution in [1.29, 1.82) is 0 Å². The number of aromatic nitrogens is 1. The van der Waals surface area contributed by atoms with Crippen LogP contribution in [0.2, 0.25) is 0 Å². The molecule has 0 radical (unpaired) electrons. The Kier molecular flexibility index (Phi) is 3.27. The molecule has 1 N–H and O–H groups in total. The summed E-state index contributed by atoms with van der Waals surface area (Å²) < 4.78 is 0. The first-order chi connectivity index (χ1) is 10.3. The molecule has 2 nitrogen and oxygen atoms in total. The van der Waals surface area contributed by atoms with Crippen LogP contribution in [0.5, 0.6) is 0 Å². The molecule has 0 amide bonds. The zero-order valence-electron chi connectivity index (χ0n) is 12.5. The van der Waals surface area contributed by atoms with Crippen molar-refractivity contribution in [3.05, 3.63) is 54.2 Å². The molecule has 4 rings (SSSR count). The van der Waals surface area contributed by atoms with Crippen molar-refractivity contribution in [2.24, 2.45) is 17.8 Å². The third-order valence-electron chi connectivity index (χ3n) is 5.30. The number of hydrogen-bond donors (Lipinski definition) is 1. The minimum Gasteiger partial charge on any atom is -0.310 e. The molecular formula is C19H22N2. The molecule has 4 unspecified atom stereocenters. The van der Waals surface area contributed by atoms with E-state index in [4.69, 9.17) is 0 Å². The van der Waals surface area contributed by atoms with Gasteiger partial charge in [-0.3, -0.25) is 4.98 Å². The van der Waals surface area contributed by atoms with E-state index in [1.165, 1.54) is 23.8 Å². The van der Waals surface area contributed by atoms with E-state index in [1.54, 1.807) is 0 Å². The predicted molar refractivity (Wildman–Crippen MR) is 86.9 cm³/mol. The lowest BCUT2D eigenvalue weighted by molar-refractivity contribution is 0.326. The van der Waals surface area contributed by atoms with Gasteiger partial charge in [-0.15, -0.1) is 0 Å². The van der Waals surface area contributed by atoms with Gasteiger partial charge in [0.05, 0.1) is 5.52 Å². The summed E-state index contributed by atoms with van der Waals surface area (Å²) in [4.78, 5) is 4.54. The summed E-state index contributed by atoms with van der Waals surface area (Å²) in [5.74, 6) is 2.47. The van der Waals surface area contributed by atoms with Crippen molar-refractivity contribution in [1.82, 2.24) is 10.3 Å². The van der Waals surface area contributed by atoms with E-state index in [-0.39, 0.29) is 0 Å². The lowest BCUT2D eigenvalue weighted by atomic mass is 9.87. The maximum Gasteiger partial charge on any atom is 0.0746 e. The van der Waals surface area contributed by atoms with Crippen molar-refractivity contribution < 1.29 is 0 Å². The van der Waals surface area contributed by atoms with Crippen LogP contribution in [0.4, 0.5) is 0 Å². The molecular weight excluding hydrogens is 256 g/mol. The Balaban J connectivity index is 1.47. The predicted octanol–water partition coefficient (Wildman–Crippen LogP) is 3.93. The van der Waals surface area contributed by atoms with E-state index in [0.29, 0.717) is 6.04 Å². The number of rotatable bonds is 4. The highest BCUT2D eigenvalue weighted by molar-refractivity contribution is 5.81. The summed E-state index contributed by atoms with van der Waals surface area (Å²) in [6.07, 6.45) is 9.49. The molecule has 1 aromatic carbocycles. The van der Waals surface area contributed by atoms with Gasteiger partial charge in [0.2, 0.25) is 0 Å². The highest BCUT2D eigenvalue weighted by Gasteiger charge is 2.38. The third kappa shape index (κ3) is 2.38. The van der Waals surface area contributed by atoms with Crippen LogP contribution in [0, 0.1) is 17.8 Å². The lowest BCUT2D eigenvalue weighted by Gasteiger charge is -2.26. The second kappa shape index (κ2) is 5.27. The van der Waals surface area contributed by atoms with Crippen molar-refractivity contribution in [3.63, 3.8) is 0 Å². The number of pyridine rings is 1. The van der Waals surface area contributed by atoms with Crippen LogP contribution in [0.3, 0.4) is 0 Å². The Morgan fingerprint density at radius 3 is 2.90 bits per heavy atom. The Morgan fingerprint density at radius 2 is 2.10 bits per heavy atom. The standard InChI is InChI=1S/C19H22N2/c1-13(18-11-14-7-8-16(18)10-14)21-12-17-5-2-4-15-6-3-9-20-19(15)17/h2-9,13-14,16,18,21H,10-12H2,1H3. The number of nitrogens with one attached hydrogen (secondary N) is 1. The van der Waals surface area contributed by atoms with E-state index in [1.807, 2.05) is 12.3 Å². The van der Waals surface area contributed by atoms with Gasteiger partial charge >= 0.3 is 0 Å². The molecule has 1 aromatic heterocycles. The first-order valence-electron chi connectivity index (χ1n) is 8.05. The lowest BCUT2D eigenvalue weighted by Crippen LogP contribution is -2.35. The number of hydrogen-bond acceptors (Lipinski definition) is 2. The Bertz CT molecular complexity index is 671. The van der Waals surface area contributed by atoms with Crippen LogP contribution >= 0.6 is 0 Å². The van der Waals surface area contributed by atoms with Gasteiger partial charge in [-0.25, -0.2) is 0 Å². The molecule has 1 fully saturated rings. The van der Waals surface area contributed by atoms with Crippen molar-refractivity contribution in [2.75, 3.05) is 0 Å². The molecule has 2 aliphatic carbocycles. The van der Waals surface area contributed by atoms with Gasteiger partial charge in [-0.05, 0) is 49.1 Å². The minimum atomic E-state index is 0.573. The summed E-state index contributed by atoms with van der Waals surface area (Å²) >= 11 is 0. The van der Waals surface area contributed by atoms with Crippen molar-refractivity contribution in [2.45, 2.75) is 32.4 Å². The molecule has 0 aliphatic heterocycles. The smallest absolute Gasteiger partial charge is 0.0746 e. The van der Waals surface area contributed by atoms with E-state index >= 15 is 0 Å². The first kappa shape index (κ1) is 13.0. The normalized spacial score (nSPS) is 28.3. The summed E-state index contributed by atoms with van der Waals surface area (Å²) in [7, 11) is 0. The highest BCUT2D eigenvalue weighted by Crippen LogP contribution is 2.44.